The molecule has 0 saturated carbocycles. The topological polar surface area (TPSA) is 40.5 Å². The van der Waals surface area contributed by atoms with Crippen LogP contribution in [0, 0.1) is 0 Å². The minimum absolute atomic E-state index is 0.0489. The Balaban J connectivity index is 3.11. The van der Waals surface area contributed by atoms with Crippen LogP contribution in [0.15, 0.2) is 0 Å². The van der Waals surface area contributed by atoms with E-state index >= 15 is 0 Å². The first-order valence-electron chi connectivity index (χ1n) is 11.1. The molecule has 0 aromatic carbocycles. The van der Waals surface area contributed by atoms with Crippen molar-refractivity contribution in [2.24, 2.45) is 0 Å². The fraction of sp³-hybridized carbons (Fsp3) is 1.00. The molecule has 1 atom stereocenters. The Kier molecular flexibility index (Phi) is 20.9. The number of hydrogen-bond acceptors (Lipinski definition) is 2. The molecule has 1 unspecified atom stereocenters. The van der Waals surface area contributed by atoms with Crippen molar-refractivity contribution in [3.05, 3.63) is 0 Å². The molecule has 0 amide bonds. The fourth-order valence-electron chi connectivity index (χ4n) is 3.39. The van der Waals surface area contributed by atoms with Crippen LogP contribution in [0.5, 0.6) is 0 Å². The van der Waals surface area contributed by atoms with E-state index in [-0.39, 0.29) is 6.10 Å². The molecule has 0 spiro atoms. The van der Waals surface area contributed by atoms with Crippen molar-refractivity contribution in [2.45, 2.75) is 135 Å². The summed E-state index contributed by atoms with van der Waals surface area (Å²) < 4.78 is 0. The van der Waals surface area contributed by atoms with E-state index < -0.39 is 0 Å². The third-order valence-corrected chi connectivity index (χ3v) is 5.09. The zero-order valence-corrected chi connectivity index (χ0v) is 16.6. The third-order valence-electron chi connectivity index (χ3n) is 5.09. The summed E-state index contributed by atoms with van der Waals surface area (Å²) in [6.45, 7) is 2.61. The Morgan fingerprint density at radius 3 is 1.21 bits per heavy atom. The highest BCUT2D eigenvalue weighted by Gasteiger charge is 2.03. The summed E-state index contributed by atoms with van der Waals surface area (Å²) in [4.78, 5) is 0. The maximum Gasteiger partial charge on any atom is 0.0540 e. The van der Waals surface area contributed by atoms with E-state index in [4.69, 9.17) is 5.11 Å². The second-order valence-electron chi connectivity index (χ2n) is 7.61. The van der Waals surface area contributed by atoms with Crippen LogP contribution in [0.4, 0.5) is 0 Å². The van der Waals surface area contributed by atoms with E-state index in [1.165, 1.54) is 103 Å². The average Bonchev–Trinajstić information content (AvgIpc) is 2.59. The van der Waals surface area contributed by atoms with Crippen molar-refractivity contribution in [2.75, 3.05) is 6.61 Å². The second kappa shape index (κ2) is 21.0. The molecule has 0 aliphatic carbocycles. The predicted octanol–water partition coefficient (Wildman–Crippen LogP) is 6.77. The first kappa shape index (κ1) is 23.9. The van der Waals surface area contributed by atoms with Crippen molar-refractivity contribution in [1.82, 2.24) is 0 Å². The summed E-state index contributed by atoms with van der Waals surface area (Å²) in [6.07, 6.45) is 24.0. The lowest BCUT2D eigenvalue weighted by Gasteiger charge is -2.10. The third kappa shape index (κ3) is 20.0. The number of unbranched alkanes of at least 4 members (excludes halogenated alkanes) is 15. The minimum atomic E-state index is -0.0489. The highest BCUT2D eigenvalue weighted by molar-refractivity contribution is 4.57. The monoisotopic (exact) mass is 342 g/mol. The summed E-state index contributed by atoms with van der Waals surface area (Å²) in [5.41, 5.74) is 0. The maximum atomic E-state index is 10.0. The molecule has 0 radical (unpaired) electrons. The van der Waals surface area contributed by atoms with Gasteiger partial charge >= 0.3 is 0 Å². The maximum absolute atomic E-state index is 10.0. The van der Waals surface area contributed by atoms with Gasteiger partial charge in [0, 0.05) is 6.61 Å². The van der Waals surface area contributed by atoms with E-state index in [0.717, 1.165) is 19.3 Å². The molecular weight excluding hydrogens is 296 g/mol. The Bertz CT molecular complexity index is 218. The van der Waals surface area contributed by atoms with Gasteiger partial charge in [-0.15, -0.1) is 0 Å². The van der Waals surface area contributed by atoms with Crippen molar-refractivity contribution in [1.29, 1.82) is 0 Å². The zero-order chi connectivity index (χ0) is 17.7. The molecule has 2 nitrogen and oxygen atoms in total. The number of hydrogen-bond donors (Lipinski definition) is 2. The minimum Gasteiger partial charge on any atom is -0.396 e. The van der Waals surface area contributed by atoms with Gasteiger partial charge in [0.2, 0.25) is 0 Å². The fourth-order valence-corrected chi connectivity index (χ4v) is 3.39. The normalized spacial score (nSPS) is 12.6. The molecule has 0 bridgehead atoms. The van der Waals surface area contributed by atoms with Crippen molar-refractivity contribution in [3.8, 4) is 0 Å². The van der Waals surface area contributed by atoms with Crippen LogP contribution in [0.2, 0.25) is 0 Å². The summed E-state index contributed by atoms with van der Waals surface area (Å²) in [7, 11) is 0. The van der Waals surface area contributed by atoms with Gasteiger partial charge in [0.05, 0.1) is 6.10 Å². The smallest absolute Gasteiger partial charge is 0.0540 e. The zero-order valence-electron chi connectivity index (χ0n) is 16.6. The van der Waals surface area contributed by atoms with E-state index in [1.54, 1.807) is 0 Å². The summed E-state index contributed by atoms with van der Waals surface area (Å²) in [5.74, 6) is 0. The largest absolute Gasteiger partial charge is 0.396 e. The van der Waals surface area contributed by atoms with Crippen LogP contribution >= 0.6 is 0 Å². The molecular formula is C22H46O2. The van der Waals surface area contributed by atoms with E-state index in [1.807, 2.05) is 0 Å². The van der Waals surface area contributed by atoms with Gasteiger partial charge in [-0.05, 0) is 19.3 Å². The molecule has 2 N–H and O–H groups in total. The van der Waals surface area contributed by atoms with Crippen molar-refractivity contribution >= 4 is 0 Å². The summed E-state index contributed by atoms with van der Waals surface area (Å²) in [5, 5.41) is 18.7. The SMILES string of the molecule is CCCCCCCCCC(O)CCCCCCCCCCCCO. The first-order chi connectivity index (χ1) is 11.8. The van der Waals surface area contributed by atoms with E-state index in [2.05, 4.69) is 6.92 Å². The van der Waals surface area contributed by atoms with Gasteiger partial charge in [0.25, 0.3) is 0 Å². The second-order valence-corrected chi connectivity index (χ2v) is 7.61. The molecule has 0 rings (SSSR count). The molecule has 0 aromatic heterocycles. The van der Waals surface area contributed by atoms with Gasteiger partial charge in [-0.1, -0.05) is 110 Å². The average molecular weight is 343 g/mol. The lowest BCUT2D eigenvalue weighted by molar-refractivity contribution is 0.147. The molecule has 0 aromatic rings. The van der Waals surface area contributed by atoms with Gasteiger partial charge in [-0.2, -0.15) is 0 Å². The number of rotatable bonds is 20. The Hall–Kier alpha value is -0.0800. The summed E-state index contributed by atoms with van der Waals surface area (Å²) in [6, 6.07) is 0. The molecule has 0 aliphatic rings. The van der Waals surface area contributed by atoms with Gasteiger partial charge in [-0.25, -0.2) is 0 Å². The Morgan fingerprint density at radius 2 is 0.833 bits per heavy atom. The highest BCUT2D eigenvalue weighted by Crippen LogP contribution is 2.15. The van der Waals surface area contributed by atoms with Crippen LogP contribution in [0.25, 0.3) is 0 Å². The molecule has 2 heteroatoms. The van der Waals surface area contributed by atoms with Crippen molar-refractivity contribution < 1.29 is 10.2 Å². The molecule has 24 heavy (non-hydrogen) atoms. The number of aliphatic hydroxyl groups excluding tert-OH is 2. The van der Waals surface area contributed by atoms with Gasteiger partial charge in [0.1, 0.15) is 0 Å². The Morgan fingerprint density at radius 1 is 0.500 bits per heavy atom. The van der Waals surface area contributed by atoms with Crippen LogP contribution in [-0.4, -0.2) is 22.9 Å². The molecule has 146 valence electrons. The highest BCUT2D eigenvalue weighted by atomic mass is 16.3. The molecule has 0 saturated heterocycles. The van der Waals surface area contributed by atoms with E-state index in [9.17, 15) is 5.11 Å². The molecule has 0 aliphatic heterocycles. The quantitative estimate of drug-likeness (QED) is 0.240. The first-order valence-corrected chi connectivity index (χ1v) is 11.1. The van der Waals surface area contributed by atoms with Crippen LogP contribution < -0.4 is 0 Å². The number of aliphatic hydroxyl groups is 2. The molecule has 0 heterocycles. The molecule has 0 fully saturated rings. The predicted molar refractivity (Wildman–Crippen MR) is 106 cm³/mol. The van der Waals surface area contributed by atoms with Gasteiger partial charge in [-0.3, -0.25) is 0 Å². The van der Waals surface area contributed by atoms with E-state index in [0.29, 0.717) is 6.61 Å². The van der Waals surface area contributed by atoms with Gasteiger partial charge < -0.3 is 10.2 Å². The lowest BCUT2D eigenvalue weighted by atomic mass is 10.0. The van der Waals surface area contributed by atoms with Crippen LogP contribution in [0.1, 0.15) is 129 Å². The van der Waals surface area contributed by atoms with Crippen LogP contribution in [-0.2, 0) is 0 Å². The standard InChI is InChI=1S/C22H46O2/c1-2-3-4-5-10-13-16-19-22(24)20-17-14-11-8-6-7-9-12-15-18-21-23/h22-24H,2-21H2,1H3. The summed E-state index contributed by atoms with van der Waals surface area (Å²) >= 11 is 0. The van der Waals surface area contributed by atoms with Crippen molar-refractivity contribution in [3.63, 3.8) is 0 Å². The Labute approximate surface area is 152 Å². The lowest BCUT2D eigenvalue weighted by Crippen LogP contribution is -2.05. The van der Waals surface area contributed by atoms with Gasteiger partial charge in [0.15, 0.2) is 0 Å². The van der Waals surface area contributed by atoms with Crippen LogP contribution in [0.3, 0.4) is 0 Å².